The second-order valence-corrected chi connectivity index (χ2v) is 5.12. The van der Waals surface area contributed by atoms with Gasteiger partial charge >= 0.3 is 0 Å². The van der Waals surface area contributed by atoms with Crippen LogP contribution in [0.3, 0.4) is 0 Å². The van der Waals surface area contributed by atoms with Crippen LogP contribution in [-0.2, 0) is 6.42 Å². The summed E-state index contributed by atoms with van der Waals surface area (Å²) in [5.41, 5.74) is 2.88. The highest BCUT2D eigenvalue weighted by atomic mass is 16.3. The highest BCUT2D eigenvalue weighted by molar-refractivity contribution is 5.58. The Bertz CT molecular complexity index is 674. The van der Waals surface area contributed by atoms with Crippen LogP contribution in [0.2, 0.25) is 0 Å². The van der Waals surface area contributed by atoms with E-state index in [1.807, 2.05) is 61.5 Å². The lowest BCUT2D eigenvalue weighted by Crippen LogP contribution is -2.28. The molecule has 1 aliphatic rings. The first kappa shape index (κ1) is 12.8. The summed E-state index contributed by atoms with van der Waals surface area (Å²) < 4.78 is 0. The van der Waals surface area contributed by atoms with E-state index < -0.39 is 5.72 Å². The van der Waals surface area contributed by atoms with Crippen molar-refractivity contribution in [1.29, 1.82) is 0 Å². The predicted molar refractivity (Wildman–Crippen MR) is 79.8 cm³/mol. The van der Waals surface area contributed by atoms with Crippen molar-refractivity contribution in [2.45, 2.75) is 19.1 Å². The largest absolute Gasteiger partial charge is 0.364 e. The first-order chi connectivity index (χ1) is 9.65. The van der Waals surface area contributed by atoms with E-state index in [1.165, 1.54) is 5.56 Å². The zero-order valence-corrected chi connectivity index (χ0v) is 11.3. The zero-order valence-electron chi connectivity index (χ0n) is 11.3. The smallest absolute Gasteiger partial charge is 0.200 e. The van der Waals surface area contributed by atoms with Crippen molar-refractivity contribution in [2.75, 3.05) is 0 Å². The summed E-state index contributed by atoms with van der Waals surface area (Å²) in [5, 5.41) is 18.7. The third kappa shape index (κ3) is 2.68. The van der Waals surface area contributed by atoms with Crippen LogP contribution in [-0.4, -0.2) is 10.8 Å². The lowest BCUT2D eigenvalue weighted by molar-refractivity contribution is 0.0933. The lowest BCUT2D eigenvalue weighted by atomic mass is 9.92. The van der Waals surface area contributed by atoms with E-state index in [2.05, 4.69) is 10.2 Å². The van der Waals surface area contributed by atoms with E-state index in [9.17, 15) is 5.11 Å². The van der Waals surface area contributed by atoms with Crippen LogP contribution in [0.1, 0.15) is 16.7 Å². The molecule has 3 heteroatoms. The maximum absolute atomic E-state index is 10.5. The summed E-state index contributed by atoms with van der Waals surface area (Å²) in [7, 11) is 0. The van der Waals surface area contributed by atoms with Crippen molar-refractivity contribution in [3.63, 3.8) is 0 Å². The average molecular weight is 264 g/mol. The van der Waals surface area contributed by atoms with Gasteiger partial charge in [0.1, 0.15) is 0 Å². The number of rotatable bonds is 2. The molecule has 0 radical (unpaired) electrons. The number of azo groups is 1. The van der Waals surface area contributed by atoms with E-state index >= 15 is 0 Å². The predicted octanol–water partition coefficient (Wildman–Crippen LogP) is 4.04. The third-order valence-corrected chi connectivity index (χ3v) is 3.41. The van der Waals surface area contributed by atoms with Gasteiger partial charge in [0, 0.05) is 6.42 Å². The molecule has 0 saturated carbocycles. The molecule has 0 fully saturated rings. The number of aliphatic hydroxyl groups is 1. The summed E-state index contributed by atoms with van der Waals surface area (Å²) in [6.45, 7) is 2.02. The Kier molecular flexibility index (Phi) is 3.20. The van der Waals surface area contributed by atoms with Crippen molar-refractivity contribution in [1.82, 2.24) is 0 Å². The number of nitrogens with zero attached hydrogens (tertiary/aromatic N) is 2. The summed E-state index contributed by atoms with van der Waals surface area (Å²) in [6, 6.07) is 15.7. The Morgan fingerprint density at radius 2 is 1.80 bits per heavy atom. The number of hydrogen-bond donors (Lipinski definition) is 1. The molecule has 100 valence electrons. The van der Waals surface area contributed by atoms with Crippen LogP contribution in [0.5, 0.6) is 0 Å². The Hall–Kier alpha value is -2.26. The summed E-state index contributed by atoms with van der Waals surface area (Å²) in [4.78, 5) is 0. The van der Waals surface area contributed by atoms with E-state index in [4.69, 9.17) is 0 Å². The number of hydrogen-bond acceptors (Lipinski definition) is 3. The first-order valence-corrected chi connectivity index (χ1v) is 6.64. The molecule has 0 heterocycles. The van der Waals surface area contributed by atoms with Gasteiger partial charge in [0.2, 0.25) is 0 Å². The third-order valence-electron chi connectivity index (χ3n) is 3.41. The van der Waals surface area contributed by atoms with Gasteiger partial charge in [0.25, 0.3) is 0 Å². The molecular formula is C17H16N2O. The molecule has 0 aromatic heterocycles. The first-order valence-electron chi connectivity index (χ1n) is 6.64. The standard InChI is InChI=1S/C17H16N2O/c1-13-6-8-16(9-7-13)18-19-17(20)11-10-14-4-2-3-5-15(14)12-17/h2-11,20H,12H2,1H3. The van der Waals surface area contributed by atoms with Crippen molar-refractivity contribution in [3.05, 3.63) is 71.3 Å². The monoisotopic (exact) mass is 264 g/mol. The van der Waals surface area contributed by atoms with Crippen molar-refractivity contribution in [3.8, 4) is 0 Å². The van der Waals surface area contributed by atoms with Crippen molar-refractivity contribution >= 4 is 11.8 Å². The molecule has 0 amide bonds. The average Bonchev–Trinajstić information content (AvgIpc) is 2.47. The molecule has 3 nitrogen and oxygen atoms in total. The minimum Gasteiger partial charge on any atom is -0.364 e. The highest BCUT2D eigenvalue weighted by Crippen LogP contribution is 2.28. The van der Waals surface area contributed by atoms with E-state index in [0.29, 0.717) is 6.42 Å². The molecule has 2 aromatic rings. The second kappa shape index (κ2) is 5.02. The van der Waals surface area contributed by atoms with Crippen LogP contribution >= 0.6 is 0 Å². The van der Waals surface area contributed by atoms with E-state index in [-0.39, 0.29) is 0 Å². The van der Waals surface area contributed by atoms with E-state index in [1.54, 1.807) is 6.08 Å². The van der Waals surface area contributed by atoms with Crippen LogP contribution in [0.25, 0.3) is 6.08 Å². The van der Waals surface area contributed by atoms with Gasteiger partial charge in [-0.25, -0.2) is 0 Å². The summed E-state index contributed by atoms with van der Waals surface area (Å²) >= 11 is 0. The van der Waals surface area contributed by atoms with Gasteiger partial charge in [0.05, 0.1) is 5.69 Å². The Balaban J connectivity index is 1.83. The molecule has 0 bridgehead atoms. The van der Waals surface area contributed by atoms with Crippen LogP contribution < -0.4 is 0 Å². The molecule has 1 N–H and O–H groups in total. The molecule has 1 unspecified atom stereocenters. The van der Waals surface area contributed by atoms with Crippen molar-refractivity contribution < 1.29 is 5.11 Å². The SMILES string of the molecule is Cc1ccc(N=NC2(O)C=Cc3ccccc3C2)cc1. The van der Waals surface area contributed by atoms with Crippen LogP contribution in [0, 0.1) is 6.92 Å². The highest BCUT2D eigenvalue weighted by Gasteiger charge is 2.27. The Morgan fingerprint density at radius 3 is 2.60 bits per heavy atom. The zero-order chi connectivity index (χ0) is 14.0. The fraction of sp³-hybridized carbons (Fsp3) is 0.176. The molecule has 0 spiro atoms. The molecule has 3 rings (SSSR count). The fourth-order valence-corrected chi connectivity index (χ4v) is 2.24. The fourth-order valence-electron chi connectivity index (χ4n) is 2.24. The normalized spacial score (nSPS) is 21.1. The van der Waals surface area contributed by atoms with Gasteiger partial charge in [-0.15, -0.1) is 5.11 Å². The summed E-state index contributed by atoms with van der Waals surface area (Å²) in [5.74, 6) is 0. The molecule has 0 saturated heterocycles. The van der Waals surface area contributed by atoms with Gasteiger partial charge in [-0.05, 0) is 36.3 Å². The number of aryl methyl sites for hydroxylation is 1. The molecule has 1 aliphatic carbocycles. The van der Waals surface area contributed by atoms with Crippen LogP contribution in [0.4, 0.5) is 5.69 Å². The minimum atomic E-state index is -1.25. The van der Waals surface area contributed by atoms with Gasteiger partial charge < -0.3 is 5.11 Å². The second-order valence-electron chi connectivity index (χ2n) is 5.12. The Morgan fingerprint density at radius 1 is 1.05 bits per heavy atom. The van der Waals surface area contributed by atoms with Crippen molar-refractivity contribution in [2.24, 2.45) is 10.2 Å². The summed E-state index contributed by atoms with van der Waals surface area (Å²) in [6.07, 6.45) is 4.05. The van der Waals surface area contributed by atoms with E-state index in [0.717, 1.165) is 16.8 Å². The molecular weight excluding hydrogens is 248 g/mol. The van der Waals surface area contributed by atoms with Gasteiger partial charge in [-0.2, -0.15) is 5.11 Å². The molecule has 20 heavy (non-hydrogen) atoms. The number of fused-ring (bicyclic) bond motifs is 1. The maximum Gasteiger partial charge on any atom is 0.200 e. The lowest BCUT2D eigenvalue weighted by Gasteiger charge is -2.23. The molecule has 1 atom stereocenters. The molecule has 2 aromatic carbocycles. The van der Waals surface area contributed by atoms with Gasteiger partial charge in [0.15, 0.2) is 5.72 Å². The topological polar surface area (TPSA) is 45.0 Å². The quantitative estimate of drug-likeness (QED) is 0.817. The van der Waals surface area contributed by atoms with Gasteiger partial charge in [-0.1, -0.05) is 48.0 Å². The number of benzene rings is 2. The van der Waals surface area contributed by atoms with Crippen LogP contribution in [0.15, 0.2) is 64.8 Å². The molecule has 0 aliphatic heterocycles. The minimum absolute atomic E-state index is 0.453. The maximum atomic E-state index is 10.5. The van der Waals surface area contributed by atoms with Gasteiger partial charge in [-0.3, -0.25) is 0 Å². The Labute approximate surface area is 118 Å².